The Labute approximate surface area is 181 Å². The Bertz CT molecular complexity index is 932. The van der Waals surface area contributed by atoms with Crippen molar-refractivity contribution in [1.29, 1.82) is 0 Å². The molecule has 0 saturated carbocycles. The van der Waals surface area contributed by atoms with E-state index < -0.39 is 23.9 Å². The first kappa shape index (κ1) is 23.6. The number of fused-ring (bicyclic) bond motifs is 1. The molecule has 0 aromatic heterocycles. The number of hydrogen-bond donors (Lipinski definition) is 0. The Morgan fingerprint density at radius 3 is 2.45 bits per heavy atom. The Kier molecular flexibility index (Phi) is 8.75. The predicted molar refractivity (Wildman–Crippen MR) is 117 cm³/mol. The van der Waals surface area contributed by atoms with Crippen molar-refractivity contribution in [3.63, 3.8) is 0 Å². The van der Waals surface area contributed by atoms with E-state index in [1.54, 1.807) is 44.2 Å². The summed E-state index contributed by atoms with van der Waals surface area (Å²) in [5, 5.41) is 13.3. The van der Waals surface area contributed by atoms with Crippen molar-refractivity contribution in [2.24, 2.45) is 0 Å². The highest BCUT2D eigenvalue weighted by atomic mass is 16.5. The molecule has 0 aliphatic carbocycles. The van der Waals surface area contributed by atoms with Gasteiger partial charge in [-0.1, -0.05) is 24.3 Å². The van der Waals surface area contributed by atoms with Gasteiger partial charge in [-0.25, -0.2) is 9.59 Å². The van der Waals surface area contributed by atoms with E-state index in [4.69, 9.17) is 9.47 Å². The zero-order valence-corrected chi connectivity index (χ0v) is 17.7. The smallest absolute Gasteiger partial charge is 0.330 e. The zero-order chi connectivity index (χ0) is 22.8. The topological polar surface area (TPSA) is 99.0 Å². The van der Waals surface area contributed by atoms with Crippen molar-refractivity contribution in [1.82, 2.24) is 0 Å². The molecule has 1 unspecified atom stereocenters. The van der Waals surface area contributed by atoms with Gasteiger partial charge in [0.25, 0.3) is 5.71 Å². The Morgan fingerprint density at radius 2 is 1.81 bits per heavy atom. The van der Waals surface area contributed by atoms with Crippen LogP contribution in [0.15, 0.2) is 61.2 Å². The van der Waals surface area contributed by atoms with Crippen LogP contribution in [0.1, 0.15) is 25.8 Å². The van der Waals surface area contributed by atoms with Crippen LogP contribution in [0.5, 0.6) is 0 Å². The maximum Gasteiger partial charge on any atom is 0.330 e. The molecule has 2 rings (SSSR count). The van der Waals surface area contributed by atoms with Crippen LogP contribution in [0.3, 0.4) is 0 Å². The third-order valence-corrected chi connectivity index (χ3v) is 4.39. The van der Waals surface area contributed by atoms with Crippen molar-refractivity contribution < 1.29 is 28.6 Å². The lowest BCUT2D eigenvalue weighted by Crippen LogP contribution is -2.36. The third kappa shape index (κ3) is 5.91. The SMILES string of the molecule is C=CCN1C(=O)/C(=[N+](\[O-])C(/C=C/C(=O)OCC)C/C=C/C(=O)OCC)c2ccccc21. The quantitative estimate of drug-likeness (QED) is 0.142. The molecule has 31 heavy (non-hydrogen) atoms. The van der Waals surface area contributed by atoms with E-state index in [0.29, 0.717) is 16.0 Å². The van der Waals surface area contributed by atoms with Crippen LogP contribution in [-0.4, -0.2) is 54.1 Å². The summed E-state index contributed by atoms with van der Waals surface area (Å²) in [5.41, 5.74) is 1.06. The molecular weight excluding hydrogens is 400 g/mol. The molecule has 164 valence electrons. The molecule has 1 aromatic carbocycles. The molecule has 0 spiro atoms. The van der Waals surface area contributed by atoms with Crippen molar-refractivity contribution >= 4 is 29.2 Å². The summed E-state index contributed by atoms with van der Waals surface area (Å²) in [7, 11) is 0. The number of anilines is 1. The second-order valence-corrected chi connectivity index (χ2v) is 6.46. The van der Waals surface area contributed by atoms with Crippen molar-refractivity contribution in [3.8, 4) is 0 Å². The number of nitrogens with zero attached hydrogens (tertiary/aromatic N) is 2. The molecule has 8 heteroatoms. The maximum atomic E-state index is 13.3. The highest BCUT2D eigenvalue weighted by molar-refractivity contribution is 6.52. The van der Waals surface area contributed by atoms with Gasteiger partial charge in [0.05, 0.1) is 24.5 Å². The summed E-state index contributed by atoms with van der Waals surface area (Å²) in [6.07, 6.45) is 6.83. The minimum absolute atomic E-state index is 0.0412. The fourth-order valence-corrected chi connectivity index (χ4v) is 3.08. The monoisotopic (exact) mass is 426 g/mol. The average molecular weight is 426 g/mol. The second kappa shape index (κ2) is 11.5. The normalized spacial score (nSPS) is 15.8. The average Bonchev–Trinajstić information content (AvgIpc) is 3.02. The van der Waals surface area contributed by atoms with Gasteiger partial charge < -0.3 is 14.7 Å². The summed E-state index contributed by atoms with van der Waals surface area (Å²) in [6.45, 7) is 7.69. The highest BCUT2D eigenvalue weighted by Crippen LogP contribution is 2.29. The summed E-state index contributed by atoms with van der Waals surface area (Å²) in [5.74, 6) is -1.60. The van der Waals surface area contributed by atoms with Gasteiger partial charge in [0.2, 0.25) is 0 Å². The molecule has 0 fully saturated rings. The highest BCUT2D eigenvalue weighted by Gasteiger charge is 2.40. The molecular formula is C23H26N2O6. The largest absolute Gasteiger partial charge is 0.623 e. The molecule has 8 nitrogen and oxygen atoms in total. The van der Waals surface area contributed by atoms with Crippen molar-refractivity contribution in [3.05, 3.63) is 72.0 Å². The number of carbonyl (C=O) groups is 3. The van der Waals surface area contributed by atoms with Gasteiger partial charge in [-0.2, -0.15) is 4.74 Å². The fraction of sp³-hybridized carbons (Fsp3) is 0.304. The van der Waals surface area contributed by atoms with Crippen LogP contribution >= 0.6 is 0 Å². The van der Waals surface area contributed by atoms with Crippen LogP contribution in [0.2, 0.25) is 0 Å². The van der Waals surface area contributed by atoms with E-state index in [2.05, 4.69) is 6.58 Å². The standard InChI is InChI=1S/C23H26N2O6/c1-4-16-24-19-12-8-7-11-18(19)22(23(24)28)25(29)17(14-15-21(27)31-6-3)10-9-13-20(26)30-5-2/h4,7-9,11-15,17H,1,5-6,10,16H2,2-3H3/b13-9+,15-14+,25-22-. The predicted octanol–water partition coefficient (Wildman–Crippen LogP) is 2.52. The number of esters is 2. The maximum absolute atomic E-state index is 13.3. The number of hydrogen-bond acceptors (Lipinski definition) is 6. The molecule has 0 saturated heterocycles. The summed E-state index contributed by atoms with van der Waals surface area (Å²) in [4.78, 5) is 37.8. The summed E-state index contributed by atoms with van der Waals surface area (Å²) in [6, 6.07) is 6.03. The van der Waals surface area contributed by atoms with E-state index in [1.165, 1.54) is 23.1 Å². The lowest BCUT2D eigenvalue weighted by molar-refractivity contribution is -0.485. The molecule has 1 amide bonds. The first-order valence-corrected chi connectivity index (χ1v) is 9.98. The Balaban J connectivity index is 2.44. The number of amides is 1. The van der Waals surface area contributed by atoms with Gasteiger partial charge in [-0.05, 0) is 32.1 Å². The van der Waals surface area contributed by atoms with Crippen LogP contribution in [0.25, 0.3) is 0 Å². The van der Waals surface area contributed by atoms with Gasteiger partial charge in [-0.15, -0.1) is 6.58 Å². The molecule has 0 N–H and O–H groups in total. The molecule has 1 aliphatic rings. The number of ether oxygens (including phenoxy) is 2. The first-order chi connectivity index (χ1) is 14.9. The Morgan fingerprint density at radius 1 is 1.16 bits per heavy atom. The van der Waals surface area contributed by atoms with E-state index in [-0.39, 0.29) is 31.9 Å². The van der Waals surface area contributed by atoms with Gasteiger partial charge in [0.15, 0.2) is 6.04 Å². The van der Waals surface area contributed by atoms with Crippen LogP contribution < -0.4 is 4.90 Å². The van der Waals surface area contributed by atoms with Crippen LogP contribution in [0.4, 0.5) is 5.69 Å². The zero-order valence-electron chi connectivity index (χ0n) is 17.7. The molecule has 0 bridgehead atoms. The number of rotatable bonds is 10. The molecule has 1 atom stereocenters. The molecule has 0 radical (unpaired) electrons. The summed E-state index contributed by atoms with van der Waals surface area (Å²) < 4.78 is 10.3. The lowest BCUT2D eigenvalue weighted by Gasteiger charge is -2.15. The van der Waals surface area contributed by atoms with Gasteiger partial charge in [0, 0.05) is 25.1 Å². The number of carbonyl (C=O) groups excluding carboxylic acids is 3. The Hall–Kier alpha value is -3.68. The van der Waals surface area contributed by atoms with E-state index in [0.717, 1.165) is 6.08 Å². The molecule has 1 heterocycles. The molecule has 1 aliphatic heterocycles. The summed E-state index contributed by atoms with van der Waals surface area (Å²) >= 11 is 0. The lowest BCUT2D eigenvalue weighted by atomic mass is 10.1. The minimum Gasteiger partial charge on any atom is -0.623 e. The van der Waals surface area contributed by atoms with E-state index in [9.17, 15) is 19.6 Å². The third-order valence-electron chi connectivity index (χ3n) is 4.39. The van der Waals surface area contributed by atoms with Crippen LogP contribution in [-0.2, 0) is 23.9 Å². The van der Waals surface area contributed by atoms with Gasteiger partial charge in [-0.3, -0.25) is 9.69 Å². The van der Waals surface area contributed by atoms with Gasteiger partial charge in [0.1, 0.15) is 0 Å². The van der Waals surface area contributed by atoms with E-state index >= 15 is 0 Å². The van der Waals surface area contributed by atoms with Crippen LogP contribution in [0, 0.1) is 5.21 Å². The number of para-hydroxylation sites is 1. The van der Waals surface area contributed by atoms with Crippen molar-refractivity contribution in [2.45, 2.75) is 26.3 Å². The fourth-order valence-electron chi connectivity index (χ4n) is 3.08. The molecule has 1 aromatic rings. The van der Waals surface area contributed by atoms with Gasteiger partial charge >= 0.3 is 17.8 Å². The minimum atomic E-state index is -0.925. The second-order valence-electron chi connectivity index (χ2n) is 6.46. The van der Waals surface area contributed by atoms with Crippen molar-refractivity contribution in [2.75, 3.05) is 24.7 Å². The first-order valence-electron chi connectivity index (χ1n) is 9.98. The number of hydroxylamine groups is 1. The number of benzene rings is 1. The van der Waals surface area contributed by atoms with E-state index in [1.807, 2.05) is 0 Å².